The van der Waals surface area contributed by atoms with Crippen LogP contribution < -0.4 is 4.74 Å². The lowest BCUT2D eigenvalue weighted by Crippen LogP contribution is -1.98. The molecular weight excluding hydrogens is 214 g/mol. The maximum absolute atomic E-state index is 5.62. The molecule has 0 saturated heterocycles. The summed E-state index contributed by atoms with van der Waals surface area (Å²) >= 11 is 0. The minimum Gasteiger partial charge on any atom is -0.472 e. The van der Waals surface area contributed by atoms with Gasteiger partial charge in [-0.2, -0.15) is 0 Å². The number of aromatic nitrogens is 3. The molecule has 0 aliphatic carbocycles. The normalized spacial score (nSPS) is 10.6. The van der Waals surface area contributed by atoms with Crippen molar-refractivity contribution in [1.82, 2.24) is 15.0 Å². The van der Waals surface area contributed by atoms with Gasteiger partial charge in [0, 0.05) is 29.4 Å². The van der Waals surface area contributed by atoms with E-state index >= 15 is 0 Å². The third-order valence-corrected chi connectivity index (χ3v) is 2.50. The number of fused-ring (bicyclic) bond motifs is 1. The van der Waals surface area contributed by atoms with Crippen LogP contribution in [0.5, 0.6) is 5.88 Å². The van der Waals surface area contributed by atoms with Crippen LogP contribution in [-0.2, 0) is 6.61 Å². The van der Waals surface area contributed by atoms with E-state index in [1.165, 1.54) is 0 Å². The summed E-state index contributed by atoms with van der Waals surface area (Å²) in [6.45, 7) is 0.417. The van der Waals surface area contributed by atoms with Crippen LogP contribution in [-0.4, -0.2) is 15.0 Å². The second kappa shape index (κ2) is 4.25. The van der Waals surface area contributed by atoms with E-state index < -0.39 is 0 Å². The number of hydrogen-bond acceptors (Lipinski definition) is 3. The zero-order chi connectivity index (χ0) is 11.5. The van der Waals surface area contributed by atoms with Crippen LogP contribution in [0.2, 0.25) is 0 Å². The molecule has 4 heteroatoms. The highest BCUT2D eigenvalue weighted by molar-refractivity contribution is 5.81. The number of benzene rings is 1. The Kier molecular flexibility index (Phi) is 2.46. The van der Waals surface area contributed by atoms with Gasteiger partial charge in [0.2, 0.25) is 0 Å². The third kappa shape index (κ3) is 2.10. The Morgan fingerprint density at radius 3 is 2.94 bits per heavy atom. The number of para-hydroxylation sites is 1. The molecule has 0 amide bonds. The summed E-state index contributed by atoms with van der Waals surface area (Å²) in [7, 11) is 0. The number of nitrogens with zero attached hydrogens (tertiary/aromatic N) is 2. The van der Waals surface area contributed by atoms with Gasteiger partial charge in [0.25, 0.3) is 0 Å². The first kappa shape index (κ1) is 9.84. The van der Waals surface area contributed by atoms with E-state index in [1.807, 2.05) is 30.3 Å². The predicted molar refractivity (Wildman–Crippen MR) is 64.7 cm³/mol. The molecule has 1 aromatic carbocycles. The van der Waals surface area contributed by atoms with E-state index in [0.29, 0.717) is 6.61 Å². The SMILES string of the molecule is c1ccc2[nH]c(OCc3cnccn3)cc2c1. The second-order valence-corrected chi connectivity index (χ2v) is 3.71. The maximum atomic E-state index is 5.62. The summed E-state index contributed by atoms with van der Waals surface area (Å²) in [6, 6.07) is 10.0. The molecule has 0 unspecified atom stereocenters. The molecule has 3 aromatic rings. The van der Waals surface area contributed by atoms with Gasteiger partial charge in [-0.15, -0.1) is 0 Å². The van der Waals surface area contributed by atoms with E-state index in [2.05, 4.69) is 15.0 Å². The summed E-state index contributed by atoms with van der Waals surface area (Å²) in [6.07, 6.45) is 5.00. The zero-order valence-electron chi connectivity index (χ0n) is 9.13. The van der Waals surface area contributed by atoms with Crippen molar-refractivity contribution in [3.8, 4) is 5.88 Å². The van der Waals surface area contributed by atoms with Gasteiger partial charge in [0.1, 0.15) is 6.61 Å². The molecule has 0 atom stereocenters. The van der Waals surface area contributed by atoms with Gasteiger partial charge < -0.3 is 9.72 Å². The fraction of sp³-hybridized carbons (Fsp3) is 0.0769. The van der Waals surface area contributed by atoms with Gasteiger partial charge in [0.15, 0.2) is 5.88 Å². The molecule has 17 heavy (non-hydrogen) atoms. The van der Waals surface area contributed by atoms with Crippen molar-refractivity contribution in [3.63, 3.8) is 0 Å². The number of aromatic amines is 1. The smallest absolute Gasteiger partial charge is 0.192 e. The Morgan fingerprint density at radius 2 is 2.12 bits per heavy atom. The Balaban J connectivity index is 1.77. The fourth-order valence-electron chi connectivity index (χ4n) is 1.68. The van der Waals surface area contributed by atoms with Gasteiger partial charge in [-0.1, -0.05) is 18.2 Å². The number of rotatable bonds is 3. The van der Waals surface area contributed by atoms with E-state index in [-0.39, 0.29) is 0 Å². The minimum absolute atomic E-state index is 0.417. The van der Waals surface area contributed by atoms with E-state index in [1.54, 1.807) is 18.6 Å². The topological polar surface area (TPSA) is 50.8 Å². The number of hydrogen-bond donors (Lipinski definition) is 1. The first-order valence-electron chi connectivity index (χ1n) is 5.37. The molecule has 0 fully saturated rings. The van der Waals surface area contributed by atoms with Crippen molar-refractivity contribution in [2.75, 3.05) is 0 Å². The molecule has 0 aliphatic rings. The van der Waals surface area contributed by atoms with Crippen LogP contribution in [0, 0.1) is 0 Å². The summed E-state index contributed by atoms with van der Waals surface area (Å²) in [5, 5.41) is 1.14. The van der Waals surface area contributed by atoms with E-state index in [4.69, 9.17) is 4.74 Å². The van der Waals surface area contributed by atoms with Crippen LogP contribution in [0.1, 0.15) is 5.69 Å². The summed E-state index contributed by atoms with van der Waals surface area (Å²) in [4.78, 5) is 11.3. The molecule has 1 N–H and O–H groups in total. The van der Waals surface area contributed by atoms with Gasteiger partial charge in [-0.3, -0.25) is 9.97 Å². The van der Waals surface area contributed by atoms with Crippen molar-refractivity contribution < 1.29 is 4.74 Å². The van der Waals surface area contributed by atoms with Gasteiger partial charge >= 0.3 is 0 Å². The number of H-pyrrole nitrogens is 1. The van der Waals surface area contributed by atoms with Crippen LogP contribution in [0.15, 0.2) is 48.9 Å². The molecule has 4 nitrogen and oxygen atoms in total. The molecule has 2 heterocycles. The van der Waals surface area contributed by atoms with Crippen molar-refractivity contribution in [2.45, 2.75) is 6.61 Å². The van der Waals surface area contributed by atoms with Crippen molar-refractivity contribution >= 4 is 10.9 Å². The maximum Gasteiger partial charge on any atom is 0.192 e. The minimum atomic E-state index is 0.417. The molecule has 0 spiro atoms. The number of ether oxygens (including phenoxy) is 1. The van der Waals surface area contributed by atoms with Gasteiger partial charge in [0.05, 0.1) is 11.9 Å². The highest BCUT2D eigenvalue weighted by Crippen LogP contribution is 2.20. The van der Waals surface area contributed by atoms with Crippen LogP contribution in [0.25, 0.3) is 10.9 Å². The molecule has 0 bridgehead atoms. The average Bonchev–Trinajstić information content (AvgIpc) is 2.80. The lowest BCUT2D eigenvalue weighted by atomic mass is 10.3. The van der Waals surface area contributed by atoms with E-state index in [0.717, 1.165) is 22.5 Å². The lowest BCUT2D eigenvalue weighted by molar-refractivity contribution is 0.291. The predicted octanol–water partition coefficient (Wildman–Crippen LogP) is 2.54. The molecule has 0 aliphatic heterocycles. The van der Waals surface area contributed by atoms with Crippen LogP contribution in [0.4, 0.5) is 0 Å². The van der Waals surface area contributed by atoms with Crippen molar-refractivity contribution in [1.29, 1.82) is 0 Å². The van der Waals surface area contributed by atoms with Crippen molar-refractivity contribution in [3.05, 3.63) is 54.6 Å². The average molecular weight is 225 g/mol. The molecule has 84 valence electrons. The largest absolute Gasteiger partial charge is 0.472 e. The Morgan fingerprint density at radius 1 is 1.18 bits per heavy atom. The fourth-order valence-corrected chi connectivity index (χ4v) is 1.68. The Hall–Kier alpha value is -2.36. The Bertz CT molecular complexity index is 586. The van der Waals surface area contributed by atoms with Crippen LogP contribution >= 0.6 is 0 Å². The lowest BCUT2D eigenvalue weighted by Gasteiger charge is -2.01. The zero-order valence-corrected chi connectivity index (χ0v) is 9.13. The molecule has 2 aromatic heterocycles. The van der Waals surface area contributed by atoms with Gasteiger partial charge in [-0.05, 0) is 6.07 Å². The third-order valence-electron chi connectivity index (χ3n) is 2.50. The monoisotopic (exact) mass is 225 g/mol. The first-order chi connectivity index (χ1) is 8.42. The van der Waals surface area contributed by atoms with Crippen LogP contribution in [0.3, 0.4) is 0 Å². The number of nitrogens with one attached hydrogen (secondary N) is 1. The summed E-state index contributed by atoms with van der Waals surface area (Å²) in [5.41, 5.74) is 1.88. The highest BCUT2D eigenvalue weighted by atomic mass is 16.5. The summed E-state index contributed by atoms with van der Waals surface area (Å²) < 4.78 is 5.62. The highest BCUT2D eigenvalue weighted by Gasteiger charge is 2.01. The van der Waals surface area contributed by atoms with Gasteiger partial charge in [-0.25, -0.2) is 0 Å². The quantitative estimate of drug-likeness (QED) is 0.745. The molecule has 0 radical (unpaired) electrons. The Labute approximate surface area is 98.3 Å². The molecule has 0 saturated carbocycles. The first-order valence-corrected chi connectivity index (χ1v) is 5.37. The summed E-state index contributed by atoms with van der Waals surface area (Å²) in [5.74, 6) is 0.747. The molecule has 3 rings (SSSR count). The van der Waals surface area contributed by atoms with E-state index in [9.17, 15) is 0 Å². The molecular formula is C13H11N3O. The second-order valence-electron chi connectivity index (χ2n) is 3.71. The van der Waals surface area contributed by atoms with Crippen molar-refractivity contribution in [2.24, 2.45) is 0 Å². The standard InChI is InChI=1S/C13H11N3O/c1-2-4-12-10(3-1)7-13(16-12)17-9-11-8-14-5-6-15-11/h1-8,16H,9H2.